The van der Waals surface area contributed by atoms with Crippen molar-refractivity contribution in [3.8, 4) is 22.9 Å². The Bertz CT molecular complexity index is 1000. The van der Waals surface area contributed by atoms with Crippen LogP contribution in [0.2, 0.25) is 0 Å². The molecule has 2 aromatic rings. The molecule has 0 unspecified atom stereocenters. The van der Waals surface area contributed by atoms with E-state index in [1.54, 1.807) is 0 Å². The second-order valence-electron chi connectivity index (χ2n) is 11.1. The quantitative estimate of drug-likeness (QED) is 0.225. The van der Waals surface area contributed by atoms with Gasteiger partial charge in [-0.15, -0.1) is 0 Å². The summed E-state index contributed by atoms with van der Waals surface area (Å²) in [5.41, 5.74) is 4.01. The van der Waals surface area contributed by atoms with Gasteiger partial charge in [0.1, 0.15) is 0 Å². The van der Waals surface area contributed by atoms with E-state index in [1.807, 2.05) is 24.3 Å². The van der Waals surface area contributed by atoms with Crippen molar-refractivity contribution >= 4 is 0 Å². The summed E-state index contributed by atoms with van der Waals surface area (Å²) in [6.45, 7) is 4.49. The molecule has 0 amide bonds. The Morgan fingerprint density at radius 1 is 0.838 bits per heavy atom. The van der Waals surface area contributed by atoms with E-state index in [0.29, 0.717) is 22.6 Å². The highest BCUT2D eigenvalue weighted by Crippen LogP contribution is 2.41. The van der Waals surface area contributed by atoms with E-state index in [1.165, 1.54) is 96.1 Å². The van der Waals surface area contributed by atoms with Gasteiger partial charge < -0.3 is 4.74 Å². The lowest BCUT2D eigenvalue weighted by atomic mass is 9.76. The standard InChI is InChI=1S/C34H48FNO/c1-4-6-8-10-11-13-15-28-20-23-32(34(37-3)33(28)35)31-22-21-29(24-30(31)25-36)27-18-16-26(17-19-27)14-12-9-7-5-2/h20-24,26-27H,4-19H2,1-3H3. The van der Waals surface area contributed by atoms with Crippen LogP contribution in [0.4, 0.5) is 4.39 Å². The Morgan fingerprint density at radius 3 is 2.16 bits per heavy atom. The lowest BCUT2D eigenvalue weighted by Gasteiger charge is -2.29. The van der Waals surface area contributed by atoms with Gasteiger partial charge in [0.2, 0.25) is 0 Å². The fraction of sp³-hybridized carbons (Fsp3) is 0.618. The van der Waals surface area contributed by atoms with Crippen LogP contribution in [0, 0.1) is 23.1 Å². The van der Waals surface area contributed by atoms with Crippen LogP contribution in [-0.2, 0) is 6.42 Å². The highest BCUT2D eigenvalue weighted by Gasteiger charge is 2.24. The van der Waals surface area contributed by atoms with Crippen molar-refractivity contribution in [2.75, 3.05) is 7.11 Å². The molecule has 37 heavy (non-hydrogen) atoms. The first kappa shape index (κ1) is 29.2. The molecule has 0 heterocycles. The summed E-state index contributed by atoms with van der Waals surface area (Å²) in [6.07, 6.45) is 19.6. The fourth-order valence-electron chi connectivity index (χ4n) is 6.08. The molecule has 0 aromatic heterocycles. The number of hydrogen-bond acceptors (Lipinski definition) is 2. The SMILES string of the molecule is CCCCCCCCc1ccc(-c2ccc(C3CCC(CCCCCC)CC3)cc2C#N)c(OC)c1F. The van der Waals surface area contributed by atoms with E-state index < -0.39 is 0 Å². The monoisotopic (exact) mass is 505 g/mol. The normalized spacial score (nSPS) is 17.5. The number of rotatable bonds is 15. The number of halogens is 1. The molecule has 1 aliphatic rings. The molecule has 2 aromatic carbocycles. The van der Waals surface area contributed by atoms with E-state index in [0.717, 1.165) is 30.7 Å². The molecule has 1 saturated carbocycles. The smallest absolute Gasteiger partial charge is 0.168 e. The van der Waals surface area contributed by atoms with Gasteiger partial charge in [0.25, 0.3) is 0 Å². The molecule has 202 valence electrons. The van der Waals surface area contributed by atoms with Gasteiger partial charge in [0, 0.05) is 11.1 Å². The molecular formula is C34H48FNO. The van der Waals surface area contributed by atoms with E-state index in [-0.39, 0.29) is 11.6 Å². The second-order valence-corrected chi connectivity index (χ2v) is 11.1. The second kappa shape index (κ2) is 15.8. The molecule has 0 saturated heterocycles. The average molecular weight is 506 g/mol. The number of benzene rings is 2. The van der Waals surface area contributed by atoms with Gasteiger partial charge in [0.15, 0.2) is 11.6 Å². The van der Waals surface area contributed by atoms with Gasteiger partial charge in [-0.25, -0.2) is 4.39 Å². The van der Waals surface area contributed by atoms with E-state index in [2.05, 4.69) is 26.0 Å². The van der Waals surface area contributed by atoms with Crippen LogP contribution in [0.15, 0.2) is 30.3 Å². The van der Waals surface area contributed by atoms with Crippen molar-refractivity contribution in [3.63, 3.8) is 0 Å². The molecular weight excluding hydrogens is 457 g/mol. The number of unbranched alkanes of at least 4 members (excludes halogenated alkanes) is 8. The number of ether oxygens (including phenoxy) is 1. The van der Waals surface area contributed by atoms with E-state index >= 15 is 4.39 Å². The highest BCUT2D eigenvalue weighted by atomic mass is 19.1. The third-order valence-corrected chi connectivity index (χ3v) is 8.42. The molecule has 2 nitrogen and oxygen atoms in total. The van der Waals surface area contributed by atoms with Crippen molar-refractivity contribution in [1.29, 1.82) is 5.26 Å². The number of methoxy groups -OCH3 is 1. The van der Waals surface area contributed by atoms with Crippen LogP contribution in [0.1, 0.15) is 133 Å². The largest absolute Gasteiger partial charge is 0.493 e. The third-order valence-electron chi connectivity index (χ3n) is 8.42. The topological polar surface area (TPSA) is 33.0 Å². The van der Waals surface area contributed by atoms with E-state index in [4.69, 9.17) is 4.74 Å². The number of nitriles is 1. The molecule has 1 aliphatic carbocycles. The summed E-state index contributed by atoms with van der Waals surface area (Å²) < 4.78 is 21.0. The number of nitrogens with zero attached hydrogens (tertiary/aromatic N) is 1. The summed E-state index contributed by atoms with van der Waals surface area (Å²) in [6, 6.07) is 12.4. The summed E-state index contributed by atoms with van der Waals surface area (Å²) in [4.78, 5) is 0. The summed E-state index contributed by atoms with van der Waals surface area (Å²) >= 11 is 0. The maximum absolute atomic E-state index is 15.4. The lowest BCUT2D eigenvalue weighted by molar-refractivity contribution is 0.302. The van der Waals surface area contributed by atoms with Gasteiger partial charge in [-0.3, -0.25) is 0 Å². The van der Waals surface area contributed by atoms with E-state index in [9.17, 15) is 5.26 Å². The molecule has 1 fully saturated rings. The van der Waals surface area contributed by atoms with Crippen LogP contribution < -0.4 is 4.74 Å². The molecule has 0 aliphatic heterocycles. The summed E-state index contributed by atoms with van der Waals surface area (Å²) in [7, 11) is 1.53. The first-order chi connectivity index (χ1) is 18.1. The number of hydrogen-bond donors (Lipinski definition) is 0. The number of aryl methyl sites for hydroxylation is 1. The minimum Gasteiger partial charge on any atom is -0.493 e. The van der Waals surface area contributed by atoms with Crippen molar-refractivity contribution in [3.05, 3.63) is 52.8 Å². The van der Waals surface area contributed by atoms with Crippen molar-refractivity contribution < 1.29 is 9.13 Å². The minimum atomic E-state index is -0.279. The Hall–Kier alpha value is -2.34. The first-order valence-corrected chi connectivity index (χ1v) is 15.0. The van der Waals surface area contributed by atoms with Crippen LogP contribution in [0.3, 0.4) is 0 Å². The Kier molecular flexibility index (Phi) is 12.5. The molecule has 0 radical (unpaired) electrons. The van der Waals surface area contributed by atoms with Crippen LogP contribution in [-0.4, -0.2) is 7.11 Å². The summed E-state index contributed by atoms with van der Waals surface area (Å²) in [5, 5.41) is 9.99. The summed E-state index contributed by atoms with van der Waals surface area (Å²) in [5.74, 6) is 1.37. The van der Waals surface area contributed by atoms with Gasteiger partial charge in [0.05, 0.1) is 18.7 Å². The zero-order valence-corrected chi connectivity index (χ0v) is 23.6. The van der Waals surface area contributed by atoms with Crippen molar-refractivity contribution in [1.82, 2.24) is 0 Å². The van der Waals surface area contributed by atoms with Crippen LogP contribution in [0.25, 0.3) is 11.1 Å². The third kappa shape index (κ3) is 8.33. The Balaban J connectivity index is 1.67. The highest BCUT2D eigenvalue weighted by molar-refractivity contribution is 5.77. The zero-order valence-electron chi connectivity index (χ0n) is 23.6. The maximum atomic E-state index is 15.4. The lowest BCUT2D eigenvalue weighted by Crippen LogP contribution is -2.13. The van der Waals surface area contributed by atoms with Crippen LogP contribution in [0.5, 0.6) is 5.75 Å². The Morgan fingerprint density at radius 2 is 1.49 bits per heavy atom. The first-order valence-electron chi connectivity index (χ1n) is 15.0. The molecule has 0 spiro atoms. The molecule has 0 N–H and O–H groups in total. The molecule has 3 rings (SSSR count). The fourth-order valence-corrected chi connectivity index (χ4v) is 6.08. The minimum absolute atomic E-state index is 0.260. The zero-order chi connectivity index (χ0) is 26.5. The predicted molar refractivity (Wildman–Crippen MR) is 154 cm³/mol. The van der Waals surface area contributed by atoms with Gasteiger partial charge >= 0.3 is 0 Å². The van der Waals surface area contributed by atoms with Gasteiger partial charge in [-0.1, -0.05) is 102 Å². The molecule has 0 atom stereocenters. The van der Waals surface area contributed by atoms with Crippen LogP contribution >= 0.6 is 0 Å². The van der Waals surface area contributed by atoms with Crippen molar-refractivity contribution in [2.24, 2.45) is 5.92 Å². The van der Waals surface area contributed by atoms with Gasteiger partial charge in [-0.05, 0) is 67.6 Å². The molecule has 0 bridgehead atoms. The predicted octanol–water partition coefficient (Wildman–Crippen LogP) is 10.5. The Labute approximate surface area is 225 Å². The average Bonchev–Trinajstić information content (AvgIpc) is 2.93. The van der Waals surface area contributed by atoms with Gasteiger partial charge in [-0.2, -0.15) is 5.26 Å². The molecule has 3 heteroatoms. The maximum Gasteiger partial charge on any atom is 0.168 e. The van der Waals surface area contributed by atoms with Crippen molar-refractivity contribution in [2.45, 2.75) is 122 Å².